The van der Waals surface area contributed by atoms with Gasteiger partial charge in [0.05, 0.1) is 11.4 Å². The summed E-state index contributed by atoms with van der Waals surface area (Å²) in [7, 11) is -0.252. The lowest BCUT2D eigenvalue weighted by molar-refractivity contribution is -0.0914. The monoisotopic (exact) mass is 300 g/mol. The molecule has 6 nitrogen and oxygen atoms in total. The predicted octanol–water partition coefficient (Wildman–Crippen LogP) is 1.16. The molecule has 0 radical (unpaired) electrons. The van der Waals surface area contributed by atoms with Crippen molar-refractivity contribution in [2.75, 3.05) is 26.1 Å². The van der Waals surface area contributed by atoms with Gasteiger partial charge < -0.3 is 14.8 Å². The Kier molecular flexibility index (Phi) is 4.98. The second-order valence-electron chi connectivity index (χ2n) is 4.70. The molecule has 0 heterocycles. The molecule has 1 saturated carbocycles. The van der Waals surface area contributed by atoms with Crippen LogP contribution in [0.3, 0.4) is 0 Å². The van der Waals surface area contributed by atoms with Crippen LogP contribution >= 0.6 is 0 Å². The highest BCUT2D eigenvalue weighted by atomic mass is 32.2. The van der Waals surface area contributed by atoms with Crippen LogP contribution in [0.1, 0.15) is 12.8 Å². The number of anilines is 1. The van der Waals surface area contributed by atoms with Gasteiger partial charge in [-0.05, 0) is 37.1 Å². The summed E-state index contributed by atoms with van der Waals surface area (Å²) < 4.78 is 36.7. The van der Waals surface area contributed by atoms with Gasteiger partial charge in [0.2, 0.25) is 10.0 Å². The van der Waals surface area contributed by atoms with Crippen molar-refractivity contribution in [1.82, 2.24) is 4.72 Å². The number of methoxy groups -OCH3 is 2. The van der Waals surface area contributed by atoms with Gasteiger partial charge in [0, 0.05) is 25.9 Å². The fourth-order valence-corrected chi connectivity index (χ4v) is 3.01. The zero-order valence-corrected chi connectivity index (χ0v) is 12.4. The van der Waals surface area contributed by atoms with Crippen LogP contribution < -0.4 is 10.0 Å². The summed E-state index contributed by atoms with van der Waals surface area (Å²) in [5, 5.41) is 3.11. The van der Waals surface area contributed by atoms with E-state index in [4.69, 9.17) is 9.47 Å². The molecule has 0 unspecified atom stereocenters. The summed E-state index contributed by atoms with van der Waals surface area (Å²) in [5.41, 5.74) is 0.814. The minimum atomic E-state index is -3.38. The molecule has 0 bridgehead atoms. The van der Waals surface area contributed by atoms with E-state index in [1.54, 1.807) is 38.5 Å². The molecule has 0 amide bonds. The number of ether oxygens (including phenoxy) is 2. The second-order valence-corrected chi connectivity index (χ2v) is 6.42. The molecule has 1 aromatic carbocycles. The van der Waals surface area contributed by atoms with Gasteiger partial charge in [-0.2, -0.15) is 0 Å². The Morgan fingerprint density at radius 3 is 2.30 bits per heavy atom. The molecular formula is C13H20N2O4S. The molecule has 0 aromatic heterocycles. The molecule has 0 saturated heterocycles. The highest BCUT2D eigenvalue weighted by Gasteiger charge is 2.27. The lowest BCUT2D eigenvalue weighted by Gasteiger charge is -2.15. The summed E-state index contributed by atoms with van der Waals surface area (Å²) in [6, 6.07) is 6.73. The van der Waals surface area contributed by atoms with Crippen molar-refractivity contribution in [3.63, 3.8) is 0 Å². The largest absolute Gasteiger partial charge is 0.380 e. The molecule has 1 aliphatic rings. The van der Waals surface area contributed by atoms with Gasteiger partial charge in [0.25, 0.3) is 0 Å². The fourth-order valence-electron chi connectivity index (χ4n) is 1.70. The zero-order valence-electron chi connectivity index (χ0n) is 11.6. The first-order chi connectivity index (χ1) is 9.55. The van der Waals surface area contributed by atoms with Crippen molar-refractivity contribution in [3.05, 3.63) is 24.3 Å². The normalized spacial score (nSPS) is 15.6. The van der Waals surface area contributed by atoms with E-state index in [2.05, 4.69) is 10.0 Å². The van der Waals surface area contributed by atoms with Crippen molar-refractivity contribution >= 4 is 15.7 Å². The molecule has 112 valence electrons. The quantitative estimate of drug-likeness (QED) is 0.705. The second kappa shape index (κ2) is 6.53. The van der Waals surface area contributed by atoms with E-state index in [-0.39, 0.29) is 17.2 Å². The van der Waals surface area contributed by atoms with E-state index in [1.807, 2.05) is 0 Å². The van der Waals surface area contributed by atoms with Gasteiger partial charge >= 0.3 is 0 Å². The van der Waals surface area contributed by atoms with Crippen molar-refractivity contribution in [3.8, 4) is 0 Å². The third-order valence-electron chi connectivity index (χ3n) is 3.06. The molecule has 1 aliphatic carbocycles. The standard InChI is InChI=1S/C13H20N2O4S/c1-18-13(19-2)9-14-10-5-7-12(8-6-10)20(16,17)15-11-3-4-11/h5-8,11,13-15H,3-4,9H2,1-2H3. The molecule has 0 aliphatic heterocycles. The van der Waals surface area contributed by atoms with Gasteiger partial charge in [-0.1, -0.05) is 0 Å². The minimum absolute atomic E-state index is 0.113. The molecule has 1 fully saturated rings. The molecule has 0 atom stereocenters. The average Bonchev–Trinajstić information content (AvgIpc) is 3.24. The summed E-state index contributed by atoms with van der Waals surface area (Å²) >= 11 is 0. The molecule has 2 rings (SSSR count). The number of hydrogen-bond donors (Lipinski definition) is 2. The number of hydrogen-bond acceptors (Lipinski definition) is 5. The van der Waals surface area contributed by atoms with Crippen LogP contribution in [-0.2, 0) is 19.5 Å². The summed E-state index contributed by atoms with van der Waals surface area (Å²) in [6.07, 6.45) is 1.51. The van der Waals surface area contributed by atoms with Crippen LogP contribution in [0.2, 0.25) is 0 Å². The number of sulfonamides is 1. The van der Waals surface area contributed by atoms with Crippen LogP contribution in [0.4, 0.5) is 5.69 Å². The van der Waals surface area contributed by atoms with E-state index < -0.39 is 10.0 Å². The van der Waals surface area contributed by atoms with Gasteiger partial charge in [-0.15, -0.1) is 0 Å². The summed E-state index contributed by atoms with van der Waals surface area (Å²) in [5.74, 6) is 0. The first-order valence-corrected chi connectivity index (χ1v) is 7.95. The first kappa shape index (κ1) is 15.2. The smallest absolute Gasteiger partial charge is 0.240 e. The van der Waals surface area contributed by atoms with Crippen molar-refractivity contribution in [2.45, 2.75) is 30.1 Å². The number of nitrogens with one attached hydrogen (secondary N) is 2. The molecule has 0 spiro atoms. The van der Waals surface area contributed by atoms with E-state index in [1.165, 1.54) is 0 Å². The third-order valence-corrected chi connectivity index (χ3v) is 4.60. The Morgan fingerprint density at radius 1 is 1.20 bits per heavy atom. The number of rotatable bonds is 8. The topological polar surface area (TPSA) is 76.7 Å². The predicted molar refractivity (Wildman–Crippen MR) is 76.1 cm³/mol. The van der Waals surface area contributed by atoms with Crippen LogP contribution in [0.5, 0.6) is 0 Å². The van der Waals surface area contributed by atoms with Crippen LogP contribution in [-0.4, -0.2) is 41.5 Å². The Bertz CT molecular complexity index is 522. The van der Waals surface area contributed by atoms with Gasteiger partial charge in [0.1, 0.15) is 0 Å². The maximum atomic E-state index is 12.0. The van der Waals surface area contributed by atoms with Crippen molar-refractivity contribution in [2.24, 2.45) is 0 Å². The molecule has 1 aromatic rings. The van der Waals surface area contributed by atoms with Crippen LogP contribution in [0, 0.1) is 0 Å². The molecule has 20 heavy (non-hydrogen) atoms. The van der Waals surface area contributed by atoms with Crippen molar-refractivity contribution in [1.29, 1.82) is 0 Å². The van der Waals surface area contributed by atoms with Gasteiger partial charge in [-0.3, -0.25) is 0 Å². The third kappa shape index (κ3) is 4.17. The molecule has 2 N–H and O–H groups in total. The molecule has 7 heteroatoms. The average molecular weight is 300 g/mol. The number of benzene rings is 1. The van der Waals surface area contributed by atoms with Crippen LogP contribution in [0.15, 0.2) is 29.2 Å². The minimum Gasteiger partial charge on any atom is -0.380 e. The van der Waals surface area contributed by atoms with Crippen molar-refractivity contribution < 1.29 is 17.9 Å². The zero-order chi connectivity index (χ0) is 14.6. The van der Waals surface area contributed by atoms with E-state index in [9.17, 15) is 8.42 Å². The lowest BCUT2D eigenvalue weighted by atomic mass is 10.3. The Balaban J connectivity index is 1.95. The first-order valence-electron chi connectivity index (χ1n) is 6.47. The van der Waals surface area contributed by atoms with Gasteiger partial charge in [-0.25, -0.2) is 13.1 Å². The van der Waals surface area contributed by atoms with Crippen LogP contribution in [0.25, 0.3) is 0 Å². The highest BCUT2D eigenvalue weighted by molar-refractivity contribution is 7.89. The van der Waals surface area contributed by atoms with E-state index >= 15 is 0 Å². The Labute approximate surface area is 119 Å². The van der Waals surface area contributed by atoms with E-state index in [0.29, 0.717) is 6.54 Å². The maximum Gasteiger partial charge on any atom is 0.240 e. The Morgan fingerprint density at radius 2 is 1.80 bits per heavy atom. The Hall–Kier alpha value is -1.15. The fraction of sp³-hybridized carbons (Fsp3) is 0.538. The molecular weight excluding hydrogens is 280 g/mol. The maximum absolute atomic E-state index is 12.0. The summed E-state index contributed by atoms with van der Waals surface area (Å²) in [6.45, 7) is 0.486. The highest BCUT2D eigenvalue weighted by Crippen LogP contribution is 2.22. The SMILES string of the molecule is COC(CNc1ccc(S(=O)(=O)NC2CC2)cc1)OC. The summed E-state index contributed by atoms with van der Waals surface area (Å²) in [4.78, 5) is 0.282. The lowest BCUT2D eigenvalue weighted by Crippen LogP contribution is -2.26. The van der Waals surface area contributed by atoms with Gasteiger partial charge in [0.15, 0.2) is 6.29 Å². The van der Waals surface area contributed by atoms with E-state index in [0.717, 1.165) is 18.5 Å².